The number of benzene rings is 1. The number of ether oxygens (including phenoxy) is 2. The van der Waals surface area contributed by atoms with E-state index in [0.29, 0.717) is 0 Å². The summed E-state index contributed by atoms with van der Waals surface area (Å²) in [4.78, 5) is 50.0. The van der Waals surface area contributed by atoms with Gasteiger partial charge in [-0.3, -0.25) is 14.4 Å². The summed E-state index contributed by atoms with van der Waals surface area (Å²) in [6, 6.07) is 9.17. The average Bonchev–Trinajstić information content (AvgIpc) is 2.75. The van der Waals surface area contributed by atoms with E-state index in [4.69, 9.17) is 9.47 Å². The molecule has 1 rings (SSSR count). The van der Waals surface area contributed by atoms with Gasteiger partial charge in [-0.2, -0.15) is 0 Å². The van der Waals surface area contributed by atoms with Crippen LogP contribution in [-0.2, 0) is 30.5 Å². The number of nitrogens with one attached hydrogen (secondary N) is 3. The van der Waals surface area contributed by atoms with Crippen molar-refractivity contribution in [3.8, 4) is 0 Å². The molecular weight excluding hydrogens is 426 g/mol. The Morgan fingerprint density at radius 2 is 1.36 bits per heavy atom. The van der Waals surface area contributed by atoms with Crippen LogP contribution in [0.2, 0.25) is 0 Å². The molecule has 0 bridgehead atoms. The Hall–Kier alpha value is -3.10. The van der Waals surface area contributed by atoms with E-state index in [-0.39, 0.29) is 26.0 Å². The second kappa shape index (κ2) is 11.7. The molecule has 184 valence electrons. The minimum absolute atomic E-state index is 0.0633. The number of amides is 3. The van der Waals surface area contributed by atoms with Crippen molar-refractivity contribution in [1.82, 2.24) is 16.0 Å². The molecule has 0 saturated carbocycles. The van der Waals surface area contributed by atoms with E-state index >= 15 is 0 Å². The zero-order chi connectivity index (χ0) is 25.3. The highest BCUT2D eigenvalue weighted by atomic mass is 16.6. The average molecular weight is 464 g/mol. The highest BCUT2D eigenvalue weighted by Crippen LogP contribution is 2.16. The normalized spacial score (nSPS) is 14.8. The molecule has 0 saturated heterocycles. The summed E-state index contributed by atoms with van der Waals surface area (Å²) in [5, 5.41) is 7.82. The van der Waals surface area contributed by atoms with Crippen molar-refractivity contribution in [2.24, 2.45) is 0 Å². The van der Waals surface area contributed by atoms with Gasteiger partial charge < -0.3 is 25.4 Å². The molecular formula is C24H37N3O6. The first-order valence-electron chi connectivity index (χ1n) is 11.1. The molecule has 33 heavy (non-hydrogen) atoms. The van der Waals surface area contributed by atoms with Crippen LogP contribution in [0.3, 0.4) is 0 Å². The van der Waals surface area contributed by atoms with Gasteiger partial charge in [-0.15, -0.1) is 0 Å². The SMILES string of the molecule is CC[C@@](C)(NC(=O)OCc1ccccc1)C(=O)N[C@@](C)(CC)C(=O)NCC(=O)OC(C)(C)C. The Balaban J connectivity index is 2.74. The van der Waals surface area contributed by atoms with E-state index in [1.807, 2.05) is 30.3 Å². The largest absolute Gasteiger partial charge is 0.459 e. The van der Waals surface area contributed by atoms with Crippen LogP contribution in [0.15, 0.2) is 30.3 Å². The maximum absolute atomic E-state index is 13.1. The molecule has 9 nitrogen and oxygen atoms in total. The Kier molecular flexibility index (Phi) is 9.88. The van der Waals surface area contributed by atoms with Crippen LogP contribution in [0.5, 0.6) is 0 Å². The van der Waals surface area contributed by atoms with Gasteiger partial charge in [0.05, 0.1) is 0 Å². The topological polar surface area (TPSA) is 123 Å². The van der Waals surface area contributed by atoms with Gasteiger partial charge in [-0.05, 0) is 53.0 Å². The lowest BCUT2D eigenvalue weighted by Gasteiger charge is -2.34. The Bertz CT molecular complexity index is 836. The quantitative estimate of drug-likeness (QED) is 0.459. The zero-order valence-electron chi connectivity index (χ0n) is 20.7. The second-order valence-electron chi connectivity index (χ2n) is 9.28. The summed E-state index contributed by atoms with van der Waals surface area (Å²) in [6.45, 7) is 11.5. The number of alkyl carbamates (subject to hydrolysis) is 1. The number of rotatable bonds is 10. The third kappa shape index (κ3) is 9.11. The predicted octanol–water partition coefficient (Wildman–Crippen LogP) is 2.82. The van der Waals surface area contributed by atoms with Gasteiger partial charge in [0.25, 0.3) is 0 Å². The number of hydrogen-bond donors (Lipinski definition) is 3. The molecule has 1 aromatic rings. The zero-order valence-corrected chi connectivity index (χ0v) is 20.7. The fourth-order valence-electron chi connectivity index (χ4n) is 2.71. The first kappa shape index (κ1) is 27.9. The van der Waals surface area contributed by atoms with Crippen molar-refractivity contribution >= 4 is 23.9 Å². The number of carbonyl (C=O) groups excluding carboxylic acids is 4. The fourth-order valence-corrected chi connectivity index (χ4v) is 2.71. The van der Waals surface area contributed by atoms with Crippen LogP contribution in [0.1, 0.15) is 66.9 Å². The number of esters is 1. The molecule has 0 aliphatic rings. The van der Waals surface area contributed by atoms with E-state index in [0.717, 1.165) is 5.56 Å². The lowest BCUT2D eigenvalue weighted by atomic mass is 9.92. The molecule has 0 unspecified atom stereocenters. The van der Waals surface area contributed by atoms with E-state index in [1.165, 1.54) is 0 Å². The van der Waals surface area contributed by atoms with Gasteiger partial charge in [0, 0.05) is 0 Å². The van der Waals surface area contributed by atoms with E-state index < -0.39 is 40.6 Å². The Morgan fingerprint density at radius 3 is 1.88 bits per heavy atom. The van der Waals surface area contributed by atoms with Gasteiger partial charge in [-0.1, -0.05) is 44.2 Å². The number of carbonyl (C=O) groups is 4. The molecule has 0 fully saturated rings. The van der Waals surface area contributed by atoms with Gasteiger partial charge in [0.1, 0.15) is 29.8 Å². The van der Waals surface area contributed by atoms with Crippen molar-refractivity contribution in [2.75, 3.05) is 6.54 Å². The van der Waals surface area contributed by atoms with E-state index in [1.54, 1.807) is 48.5 Å². The summed E-state index contributed by atoms with van der Waals surface area (Å²) < 4.78 is 10.4. The molecule has 3 N–H and O–H groups in total. The molecule has 0 radical (unpaired) electrons. The molecule has 1 aromatic carbocycles. The molecule has 0 aromatic heterocycles. The van der Waals surface area contributed by atoms with Crippen LogP contribution >= 0.6 is 0 Å². The molecule has 9 heteroatoms. The van der Waals surface area contributed by atoms with Crippen LogP contribution in [0.4, 0.5) is 4.79 Å². The minimum atomic E-state index is -1.31. The van der Waals surface area contributed by atoms with Crippen molar-refractivity contribution < 1.29 is 28.7 Å². The lowest BCUT2D eigenvalue weighted by molar-refractivity contribution is -0.154. The van der Waals surface area contributed by atoms with Gasteiger partial charge >= 0.3 is 12.1 Å². The van der Waals surface area contributed by atoms with E-state index in [9.17, 15) is 19.2 Å². The van der Waals surface area contributed by atoms with Crippen LogP contribution in [0.25, 0.3) is 0 Å². The van der Waals surface area contributed by atoms with Crippen LogP contribution in [0, 0.1) is 0 Å². The molecule has 2 atom stereocenters. The van der Waals surface area contributed by atoms with E-state index in [2.05, 4.69) is 16.0 Å². The summed E-state index contributed by atoms with van der Waals surface area (Å²) in [7, 11) is 0. The van der Waals surface area contributed by atoms with Crippen molar-refractivity contribution in [3.63, 3.8) is 0 Å². The summed E-state index contributed by atoms with van der Waals surface area (Å²) in [5.74, 6) is -1.66. The Labute approximate surface area is 196 Å². The van der Waals surface area contributed by atoms with Crippen molar-refractivity contribution in [3.05, 3.63) is 35.9 Å². The van der Waals surface area contributed by atoms with Crippen LogP contribution < -0.4 is 16.0 Å². The first-order valence-corrected chi connectivity index (χ1v) is 11.1. The lowest BCUT2D eigenvalue weighted by Crippen LogP contribution is -2.64. The molecule has 0 spiro atoms. The smallest absolute Gasteiger partial charge is 0.408 e. The van der Waals surface area contributed by atoms with Crippen LogP contribution in [-0.4, -0.2) is 47.1 Å². The fraction of sp³-hybridized carbons (Fsp3) is 0.583. The van der Waals surface area contributed by atoms with Gasteiger partial charge in [0.15, 0.2) is 0 Å². The maximum Gasteiger partial charge on any atom is 0.408 e. The number of hydrogen-bond acceptors (Lipinski definition) is 6. The second-order valence-corrected chi connectivity index (χ2v) is 9.28. The Morgan fingerprint density at radius 1 is 0.818 bits per heavy atom. The molecule has 0 aliphatic heterocycles. The standard InChI is InChI=1S/C24H37N3O6/c1-8-23(6,19(29)25-15-18(28)33-22(3,4)5)26-20(30)24(7,9-2)27-21(31)32-16-17-13-11-10-12-14-17/h10-14H,8-9,15-16H2,1-7H3,(H,25,29)(H,26,30)(H,27,31)/t23-,24+/m0/s1. The molecule has 0 aliphatic carbocycles. The van der Waals surface area contributed by atoms with Gasteiger partial charge in [-0.25, -0.2) is 4.79 Å². The summed E-state index contributed by atoms with van der Waals surface area (Å²) in [6.07, 6.45) is -0.221. The summed E-state index contributed by atoms with van der Waals surface area (Å²) in [5.41, 5.74) is -2.47. The minimum Gasteiger partial charge on any atom is -0.459 e. The van der Waals surface area contributed by atoms with Crippen molar-refractivity contribution in [1.29, 1.82) is 0 Å². The maximum atomic E-state index is 13.1. The van der Waals surface area contributed by atoms with Crippen molar-refractivity contribution in [2.45, 2.75) is 84.6 Å². The highest BCUT2D eigenvalue weighted by molar-refractivity contribution is 5.96. The predicted molar refractivity (Wildman–Crippen MR) is 124 cm³/mol. The first-order chi connectivity index (χ1) is 15.2. The third-order valence-corrected chi connectivity index (χ3v) is 5.21. The molecule has 0 heterocycles. The third-order valence-electron chi connectivity index (χ3n) is 5.21. The van der Waals surface area contributed by atoms with Gasteiger partial charge in [0.2, 0.25) is 11.8 Å². The highest BCUT2D eigenvalue weighted by Gasteiger charge is 2.40. The summed E-state index contributed by atoms with van der Waals surface area (Å²) >= 11 is 0. The molecule has 3 amide bonds. The monoisotopic (exact) mass is 463 g/mol.